The molecule has 1 aromatic carbocycles. The van der Waals surface area contributed by atoms with Gasteiger partial charge in [0.15, 0.2) is 5.79 Å². The van der Waals surface area contributed by atoms with Gasteiger partial charge in [0.1, 0.15) is 12.2 Å². The smallest absolute Gasteiger partial charge is 0.164 e. The number of hydrogen-bond donors (Lipinski definition) is 0. The summed E-state index contributed by atoms with van der Waals surface area (Å²) >= 11 is 0. The summed E-state index contributed by atoms with van der Waals surface area (Å²) in [4.78, 5) is 0. The average molecular weight is 262 g/mol. The van der Waals surface area contributed by atoms with Gasteiger partial charge >= 0.3 is 0 Å². The lowest BCUT2D eigenvalue weighted by Crippen LogP contribution is -2.26. The lowest BCUT2D eigenvalue weighted by atomic mass is 10.2. The van der Waals surface area contributed by atoms with E-state index in [0.29, 0.717) is 13.2 Å². The maximum atomic E-state index is 5.85. The van der Waals surface area contributed by atoms with E-state index in [9.17, 15) is 0 Å². The van der Waals surface area contributed by atoms with Gasteiger partial charge in [0.05, 0.1) is 13.2 Å². The van der Waals surface area contributed by atoms with Crippen molar-refractivity contribution in [2.24, 2.45) is 0 Å². The molecule has 1 saturated heterocycles. The number of hydrogen-bond acceptors (Lipinski definition) is 3. The van der Waals surface area contributed by atoms with Gasteiger partial charge in [-0.15, -0.1) is 0 Å². The molecule has 104 valence electrons. The molecule has 2 rings (SSSR count). The van der Waals surface area contributed by atoms with Gasteiger partial charge in [0.25, 0.3) is 0 Å². The van der Waals surface area contributed by atoms with Crippen molar-refractivity contribution in [1.29, 1.82) is 0 Å². The normalized spacial score (nSPS) is 26.1. The highest BCUT2D eigenvalue weighted by Crippen LogP contribution is 2.29. The van der Waals surface area contributed by atoms with Crippen molar-refractivity contribution in [2.45, 2.75) is 45.4 Å². The van der Waals surface area contributed by atoms with Gasteiger partial charge in [0.2, 0.25) is 0 Å². The van der Waals surface area contributed by atoms with Crippen molar-refractivity contribution in [3.05, 3.63) is 48.0 Å². The molecule has 0 saturated carbocycles. The predicted octanol–water partition coefficient (Wildman–Crippen LogP) is 3.30. The molecule has 0 aromatic heterocycles. The van der Waals surface area contributed by atoms with E-state index in [4.69, 9.17) is 14.2 Å². The van der Waals surface area contributed by atoms with Crippen molar-refractivity contribution in [1.82, 2.24) is 0 Å². The molecule has 1 fully saturated rings. The molecule has 0 bridgehead atoms. The number of allylic oxidation sites excluding steroid dienone is 1. The molecule has 0 spiro atoms. The molecule has 0 amide bonds. The van der Waals surface area contributed by atoms with Gasteiger partial charge < -0.3 is 14.2 Å². The van der Waals surface area contributed by atoms with Crippen molar-refractivity contribution in [3.63, 3.8) is 0 Å². The van der Waals surface area contributed by atoms with E-state index in [2.05, 4.69) is 12.1 Å². The van der Waals surface area contributed by atoms with E-state index >= 15 is 0 Å². The van der Waals surface area contributed by atoms with Crippen LogP contribution in [-0.4, -0.2) is 24.6 Å². The Morgan fingerprint density at radius 1 is 1.21 bits per heavy atom. The van der Waals surface area contributed by atoms with Gasteiger partial charge in [-0.05, 0) is 26.3 Å². The zero-order valence-corrected chi connectivity index (χ0v) is 11.8. The Hall–Kier alpha value is -1.16. The summed E-state index contributed by atoms with van der Waals surface area (Å²) in [5.41, 5.74) is 1.17. The first kappa shape index (κ1) is 14.3. The Bertz CT molecular complexity index is 411. The Labute approximate surface area is 115 Å². The van der Waals surface area contributed by atoms with Gasteiger partial charge in [-0.25, -0.2) is 0 Å². The summed E-state index contributed by atoms with van der Waals surface area (Å²) < 4.78 is 17.4. The van der Waals surface area contributed by atoms with E-state index in [1.54, 1.807) is 0 Å². The first-order valence-corrected chi connectivity index (χ1v) is 6.71. The molecule has 3 nitrogen and oxygen atoms in total. The molecular formula is C16H22O3. The van der Waals surface area contributed by atoms with Gasteiger partial charge in [-0.3, -0.25) is 0 Å². The van der Waals surface area contributed by atoms with Crippen LogP contribution in [0.3, 0.4) is 0 Å². The third-order valence-corrected chi connectivity index (χ3v) is 3.00. The van der Waals surface area contributed by atoms with Gasteiger partial charge in [-0.1, -0.05) is 42.5 Å². The van der Waals surface area contributed by atoms with E-state index < -0.39 is 5.79 Å². The lowest BCUT2D eigenvalue weighted by molar-refractivity contribution is -0.148. The molecule has 1 heterocycles. The van der Waals surface area contributed by atoms with Crippen molar-refractivity contribution < 1.29 is 14.2 Å². The Balaban J connectivity index is 1.84. The highest BCUT2D eigenvalue weighted by molar-refractivity contribution is 5.13. The summed E-state index contributed by atoms with van der Waals surface area (Å²) in [6.45, 7) is 6.98. The summed E-state index contributed by atoms with van der Waals surface area (Å²) in [6, 6.07) is 10.1. The summed E-state index contributed by atoms with van der Waals surface area (Å²) in [5, 5.41) is 0. The van der Waals surface area contributed by atoms with Crippen LogP contribution in [0.15, 0.2) is 42.5 Å². The quantitative estimate of drug-likeness (QED) is 0.762. The maximum absolute atomic E-state index is 5.85. The molecule has 1 aliphatic heterocycles. The van der Waals surface area contributed by atoms with Crippen LogP contribution in [0.2, 0.25) is 0 Å². The maximum Gasteiger partial charge on any atom is 0.164 e. The monoisotopic (exact) mass is 262 g/mol. The minimum atomic E-state index is -0.537. The Morgan fingerprint density at radius 3 is 2.63 bits per heavy atom. The summed E-state index contributed by atoms with van der Waals surface area (Å²) in [5.74, 6) is -0.537. The summed E-state index contributed by atoms with van der Waals surface area (Å²) in [7, 11) is 0. The third-order valence-electron chi connectivity index (χ3n) is 3.00. The number of rotatable bonds is 5. The van der Waals surface area contributed by atoms with Crippen LogP contribution < -0.4 is 0 Å². The highest BCUT2D eigenvalue weighted by atomic mass is 16.8. The van der Waals surface area contributed by atoms with Crippen molar-refractivity contribution in [3.8, 4) is 0 Å². The van der Waals surface area contributed by atoms with Crippen molar-refractivity contribution in [2.75, 3.05) is 6.61 Å². The number of ether oxygens (including phenoxy) is 3. The average Bonchev–Trinajstić information content (AvgIpc) is 2.66. The van der Waals surface area contributed by atoms with E-state index in [1.165, 1.54) is 5.56 Å². The van der Waals surface area contributed by atoms with Crippen LogP contribution in [0.4, 0.5) is 0 Å². The van der Waals surface area contributed by atoms with Crippen LogP contribution in [0.5, 0.6) is 0 Å². The molecule has 19 heavy (non-hydrogen) atoms. The molecule has 1 aromatic rings. The molecule has 2 atom stereocenters. The standard InChI is InChI=1S/C16H22O3/c1-4-8-14-15(19-16(2,3)18-14)12-17-11-13-9-6-5-7-10-13/h4-10,14-15H,11-12H2,1-3H3/b8-4-/t14-,15-/m0/s1. The molecule has 0 radical (unpaired) electrons. The molecule has 1 aliphatic rings. The van der Waals surface area contributed by atoms with Gasteiger partial charge in [-0.2, -0.15) is 0 Å². The van der Waals surface area contributed by atoms with E-state index in [-0.39, 0.29) is 12.2 Å². The second-order valence-electron chi connectivity index (χ2n) is 5.17. The molecule has 0 aliphatic carbocycles. The topological polar surface area (TPSA) is 27.7 Å². The number of benzene rings is 1. The van der Waals surface area contributed by atoms with E-state index in [1.807, 2.05) is 51.1 Å². The van der Waals surface area contributed by atoms with Gasteiger partial charge in [0, 0.05) is 0 Å². The predicted molar refractivity (Wildman–Crippen MR) is 74.7 cm³/mol. The minimum Gasteiger partial charge on any atom is -0.374 e. The largest absolute Gasteiger partial charge is 0.374 e. The van der Waals surface area contributed by atoms with Crippen LogP contribution in [-0.2, 0) is 20.8 Å². The SMILES string of the molecule is C/C=C\[C@@H]1OC(C)(C)O[C@H]1COCc1ccccc1. The summed E-state index contributed by atoms with van der Waals surface area (Å²) in [6.07, 6.45) is 3.93. The van der Waals surface area contributed by atoms with E-state index in [0.717, 1.165) is 0 Å². The third kappa shape index (κ3) is 4.16. The van der Waals surface area contributed by atoms with Crippen LogP contribution in [0, 0.1) is 0 Å². The fourth-order valence-electron chi connectivity index (χ4n) is 2.21. The molecule has 0 N–H and O–H groups in total. The Kier molecular flexibility index (Phi) is 4.75. The van der Waals surface area contributed by atoms with Crippen LogP contribution in [0.1, 0.15) is 26.3 Å². The molecule has 0 unspecified atom stereocenters. The highest BCUT2D eigenvalue weighted by Gasteiger charge is 2.39. The zero-order valence-electron chi connectivity index (χ0n) is 11.8. The first-order valence-electron chi connectivity index (χ1n) is 6.71. The first-order chi connectivity index (χ1) is 9.11. The zero-order chi connectivity index (χ0) is 13.7. The van der Waals surface area contributed by atoms with Crippen LogP contribution >= 0.6 is 0 Å². The molecule has 3 heteroatoms. The second kappa shape index (κ2) is 6.33. The minimum absolute atomic E-state index is 0.0317. The van der Waals surface area contributed by atoms with Crippen molar-refractivity contribution >= 4 is 0 Å². The lowest BCUT2D eigenvalue weighted by Gasteiger charge is -2.16. The fraction of sp³-hybridized carbons (Fsp3) is 0.500. The Morgan fingerprint density at radius 2 is 1.95 bits per heavy atom. The second-order valence-corrected chi connectivity index (χ2v) is 5.17. The fourth-order valence-corrected chi connectivity index (χ4v) is 2.21. The molecular weight excluding hydrogens is 240 g/mol. The van der Waals surface area contributed by atoms with Crippen LogP contribution in [0.25, 0.3) is 0 Å².